The van der Waals surface area contributed by atoms with Crippen LogP contribution in [0.1, 0.15) is 18.9 Å². The second kappa shape index (κ2) is 7.07. The van der Waals surface area contributed by atoms with Crippen LogP contribution in [0.3, 0.4) is 0 Å². The molecule has 1 heterocycles. The highest BCUT2D eigenvalue weighted by Gasteiger charge is 2.13. The first-order valence-corrected chi connectivity index (χ1v) is 7.62. The number of pyridine rings is 1. The van der Waals surface area contributed by atoms with Gasteiger partial charge in [0, 0.05) is 22.7 Å². The van der Waals surface area contributed by atoms with Crippen LogP contribution in [-0.2, 0) is 6.42 Å². The SMILES string of the molecule is CCC(N)Cc1c(F)cccc1Sc1ccc(Cl)cn1. The van der Waals surface area contributed by atoms with Crippen LogP contribution < -0.4 is 5.73 Å². The fourth-order valence-corrected chi connectivity index (χ4v) is 2.80. The Morgan fingerprint density at radius 2 is 2.15 bits per heavy atom. The first-order valence-electron chi connectivity index (χ1n) is 6.42. The maximum Gasteiger partial charge on any atom is 0.127 e. The Hall–Kier alpha value is -1.10. The number of rotatable bonds is 5. The number of halogens is 2. The van der Waals surface area contributed by atoms with Crippen LogP contribution in [0.15, 0.2) is 46.5 Å². The van der Waals surface area contributed by atoms with Gasteiger partial charge in [-0.15, -0.1) is 0 Å². The van der Waals surface area contributed by atoms with E-state index in [-0.39, 0.29) is 11.9 Å². The lowest BCUT2D eigenvalue weighted by atomic mass is 10.0. The molecule has 2 nitrogen and oxygen atoms in total. The van der Waals surface area contributed by atoms with Crippen LogP contribution in [-0.4, -0.2) is 11.0 Å². The van der Waals surface area contributed by atoms with E-state index in [1.165, 1.54) is 17.8 Å². The summed E-state index contributed by atoms with van der Waals surface area (Å²) in [5, 5.41) is 1.37. The molecule has 0 aliphatic carbocycles. The van der Waals surface area contributed by atoms with Crippen molar-refractivity contribution in [1.82, 2.24) is 4.98 Å². The normalized spacial score (nSPS) is 12.4. The lowest BCUT2D eigenvalue weighted by Crippen LogP contribution is -2.22. The summed E-state index contributed by atoms with van der Waals surface area (Å²) in [7, 11) is 0. The van der Waals surface area contributed by atoms with E-state index in [0.29, 0.717) is 17.0 Å². The molecule has 1 aromatic carbocycles. The van der Waals surface area contributed by atoms with E-state index in [1.807, 2.05) is 19.1 Å². The third-order valence-electron chi connectivity index (χ3n) is 2.98. The van der Waals surface area contributed by atoms with Crippen LogP contribution >= 0.6 is 23.4 Å². The molecule has 1 unspecified atom stereocenters. The van der Waals surface area contributed by atoms with E-state index in [4.69, 9.17) is 17.3 Å². The predicted octanol–water partition coefficient (Wildman–Crippen LogP) is 4.31. The number of aromatic nitrogens is 1. The van der Waals surface area contributed by atoms with Gasteiger partial charge in [-0.05, 0) is 37.1 Å². The van der Waals surface area contributed by atoms with E-state index in [2.05, 4.69) is 4.98 Å². The van der Waals surface area contributed by atoms with Crippen molar-refractivity contribution < 1.29 is 4.39 Å². The van der Waals surface area contributed by atoms with Crippen LogP contribution in [0.25, 0.3) is 0 Å². The van der Waals surface area contributed by atoms with Crippen molar-refractivity contribution in [1.29, 1.82) is 0 Å². The molecule has 0 radical (unpaired) electrons. The smallest absolute Gasteiger partial charge is 0.127 e. The zero-order valence-electron chi connectivity index (χ0n) is 11.1. The summed E-state index contributed by atoms with van der Waals surface area (Å²) in [5.74, 6) is -0.215. The highest BCUT2D eigenvalue weighted by Crippen LogP contribution is 2.31. The number of nitrogens with two attached hydrogens (primary N) is 1. The maximum absolute atomic E-state index is 14.0. The zero-order valence-corrected chi connectivity index (χ0v) is 12.7. The molecule has 0 saturated heterocycles. The molecular formula is C15H16ClFN2S. The largest absolute Gasteiger partial charge is 0.327 e. The third-order valence-corrected chi connectivity index (χ3v) is 4.26. The van der Waals surface area contributed by atoms with Crippen molar-refractivity contribution in [3.8, 4) is 0 Å². The molecule has 5 heteroatoms. The van der Waals surface area contributed by atoms with Gasteiger partial charge in [-0.25, -0.2) is 9.37 Å². The summed E-state index contributed by atoms with van der Waals surface area (Å²) in [4.78, 5) is 5.07. The first kappa shape index (κ1) is 15.3. The molecule has 0 saturated carbocycles. The summed E-state index contributed by atoms with van der Waals surface area (Å²) < 4.78 is 14.0. The average Bonchev–Trinajstić information content (AvgIpc) is 2.45. The van der Waals surface area contributed by atoms with E-state index in [1.54, 1.807) is 18.3 Å². The van der Waals surface area contributed by atoms with Gasteiger partial charge in [-0.1, -0.05) is 36.4 Å². The van der Waals surface area contributed by atoms with Gasteiger partial charge < -0.3 is 5.73 Å². The molecule has 2 N–H and O–H groups in total. The molecule has 0 amide bonds. The van der Waals surface area contributed by atoms with Gasteiger partial charge in [0.1, 0.15) is 10.8 Å². The minimum atomic E-state index is -0.215. The van der Waals surface area contributed by atoms with Crippen molar-refractivity contribution in [3.05, 3.63) is 52.9 Å². The van der Waals surface area contributed by atoms with Gasteiger partial charge in [0.05, 0.1) is 5.02 Å². The Labute approximate surface area is 127 Å². The average molecular weight is 311 g/mol. The monoisotopic (exact) mass is 310 g/mol. The topological polar surface area (TPSA) is 38.9 Å². The minimum Gasteiger partial charge on any atom is -0.327 e. The van der Waals surface area contributed by atoms with Crippen molar-refractivity contribution in [3.63, 3.8) is 0 Å². The Balaban J connectivity index is 2.26. The Bertz CT molecular complexity index is 575. The fourth-order valence-electron chi connectivity index (χ4n) is 1.77. The second-order valence-corrected chi connectivity index (χ2v) is 6.00. The summed E-state index contributed by atoms with van der Waals surface area (Å²) in [5.41, 5.74) is 6.60. The fraction of sp³-hybridized carbons (Fsp3) is 0.267. The maximum atomic E-state index is 14.0. The van der Waals surface area contributed by atoms with Gasteiger partial charge in [-0.2, -0.15) is 0 Å². The highest BCUT2D eigenvalue weighted by molar-refractivity contribution is 7.99. The van der Waals surface area contributed by atoms with Crippen molar-refractivity contribution in [2.45, 2.75) is 35.7 Å². The second-order valence-electron chi connectivity index (χ2n) is 4.51. The van der Waals surface area contributed by atoms with Gasteiger partial charge in [0.25, 0.3) is 0 Å². The lowest BCUT2D eigenvalue weighted by molar-refractivity contribution is 0.571. The molecule has 2 aromatic rings. The molecule has 20 heavy (non-hydrogen) atoms. The predicted molar refractivity (Wildman–Crippen MR) is 81.7 cm³/mol. The van der Waals surface area contributed by atoms with Crippen LogP contribution in [0.4, 0.5) is 4.39 Å². The summed E-state index contributed by atoms with van der Waals surface area (Å²) >= 11 is 7.23. The van der Waals surface area contributed by atoms with Crippen molar-refractivity contribution in [2.24, 2.45) is 5.73 Å². The van der Waals surface area contributed by atoms with Gasteiger partial charge in [-0.3, -0.25) is 0 Å². The number of hydrogen-bond donors (Lipinski definition) is 1. The molecule has 1 atom stereocenters. The zero-order chi connectivity index (χ0) is 14.5. The standard InChI is InChI=1S/C15H16ClFN2S/c1-2-11(18)8-12-13(17)4-3-5-14(12)20-15-7-6-10(16)9-19-15/h3-7,9,11H,2,8,18H2,1H3. The molecule has 106 valence electrons. The van der Waals surface area contributed by atoms with E-state index in [9.17, 15) is 4.39 Å². The Kier molecular flexibility index (Phi) is 5.40. The van der Waals surface area contributed by atoms with Crippen molar-refractivity contribution in [2.75, 3.05) is 0 Å². The van der Waals surface area contributed by atoms with Gasteiger partial charge in [0.2, 0.25) is 0 Å². The summed E-state index contributed by atoms with van der Waals surface area (Å²) in [6.45, 7) is 2.00. The minimum absolute atomic E-state index is 0.0376. The summed E-state index contributed by atoms with van der Waals surface area (Å²) in [6.07, 6.45) is 2.93. The quantitative estimate of drug-likeness (QED) is 0.894. The van der Waals surface area contributed by atoms with Crippen molar-refractivity contribution >= 4 is 23.4 Å². The molecule has 0 spiro atoms. The molecule has 0 bridgehead atoms. The van der Waals surface area contributed by atoms with E-state index < -0.39 is 0 Å². The number of hydrogen-bond acceptors (Lipinski definition) is 3. The van der Waals surface area contributed by atoms with Gasteiger partial charge in [0.15, 0.2) is 0 Å². The first-order chi connectivity index (χ1) is 9.60. The van der Waals surface area contributed by atoms with Crippen LogP contribution in [0, 0.1) is 5.82 Å². The van der Waals surface area contributed by atoms with E-state index in [0.717, 1.165) is 16.3 Å². The highest BCUT2D eigenvalue weighted by atomic mass is 35.5. The van der Waals surface area contributed by atoms with Crippen LogP contribution in [0.2, 0.25) is 5.02 Å². The lowest BCUT2D eigenvalue weighted by Gasteiger charge is -2.13. The number of benzene rings is 1. The van der Waals surface area contributed by atoms with E-state index >= 15 is 0 Å². The molecule has 1 aromatic heterocycles. The molecular weight excluding hydrogens is 295 g/mol. The Morgan fingerprint density at radius 1 is 1.35 bits per heavy atom. The number of nitrogens with zero attached hydrogens (tertiary/aromatic N) is 1. The van der Waals surface area contributed by atoms with Gasteiger partial charge >= 0.3 is 0 Å². The third kappa shape index (κ3) is 3.95. The molecule has 0 fully saturated rings. The molecule has 2 rings (SSSR count). The molecule has 0 aliphatic rings. The Morgan fingerprint density at radius 3 is 2.80 bits per heavy atom. The summed E-state index contributed by atoms with van der Waals surface area (Å²) in [6, 6.07) is 8.62. The van der Waals surface area contributed by atoms with Crippen LogP contribution in [0.5, 0.6) is 0 Å². The molecule has 0 aliphatic heterocycles.